The standard InChI is InChI=1S/C27H24N2O3S/c1-3-16-31-24-10-6-7-11-25(24)32-17-26(30)28-21-14-12-20(13-15-21)23-18-33-27(29-23)22-9-5-4-8-19(22)2/h3-15,18H,1,16-17H2,2H3,(H,28,30). The van der Waals surface area contributed by atoms with Gasteiger partial charge in [-0.15, -0.1) is 11.3 Å². The Kier molecular flexibility index (Phi) is 7.17. The van der Waals surface area contributed by atoms with Crippen LogP contribution in [-0.2, 0) is 4.79 Å². The molecular weight excluding hydrogens is 432 g/mol. The minimum Gasteiger partial charge on any atom is -0.486 e. The number of para-hydroxylation sites is 2. The van der Waals surface area contributed by atoms with Gasteiger partial charge in [0.2, 0.25) is 0 Å². The van der Waals surface area contributed by atoms with E-state index < -0.39 is 0 Å². The molecule has 0 aliphatic rings. The molecule has 0 aliphatic heterocycles. The summed E-state index contributed by atoms with van der Waals surface area (Å²) in [4.78, 5) is 17.1. The van der Waals surface area contributed by atoms with Gasteiger partial charge < -0.3 is 14.8 Å². The Morgan fingerprint density at radius 2 is 1.70 bits per heavy atom. The molecule has 0 fully saturated rings. The minimum atomic E-state index is -0.253. The first-order chi connectivity index (χ1) is 16.1. The Hall–Kier alpha value is -3.90. The van der Waals surface area contributed by atoms with E-state index in [4.69, 9.17) is 14.5 Å². The number of anilines is 1. The van der Waals surface area contributed by atoms with Crippen molar-refractivity contribution in [2.45, 2.75) is 6.92 Å². The van der Waals surface area contributed by atoms with Gasteiger partial charge >= 0.3 is 0 Å². The molecule has 166 valence electrons. The highest BCUT2D eigenvalue weighted by molar-refractivity contribution is 7.13. The van der Waals surface area contributed by atoms with Gasteiger partial charge in [0.05, 0.1) is 5.69 Å². The smallest absolute Gasteiger partial charge is 0.262 e. The lowest BCUT2D eigenvalue weighted by Gasteiger charge is -2.12. The van der Waals surface area contributed by atoms with E-state index in [1.165, 1.54) is 5.56 Å². The van der Waals surface area contributed by atoms with Crippen molar-refractivity contribution in [2.75, 3.05) is 18.5 Å². The lowest BCUT2D eigenvalue weighted by atomic mass is 10.1. The largest absolute Gasteiger partial charge is 0.486 e. The maximum atomic E-state index is 12.4. The molecule has 3 aromatic carbocycles. The van der Waals surface area contributed by atoms with E-state index in [2.05, 4.69) is 36.3 Å². The van der Waals surface area contributed by atoms with Crippen LogP contribution in [0.25, 0.3) is 21.8 Å². The van der Waals surface area contributed by atoms with Gasteiger partial charge in [-0.1, -0.05) is 61.2 Å². The van der Waals surface area contributed by atoms with Crippen molar-refractivity contribution in [1.82, 2.24) is 4.98 Å². The molecule has 0 radical (unpaired) electrons. The molecule has 5 nitrogen and oxygen atoms in total. The topological polar surface area (TPSA) is 60.5 Å². The number of rotatable bonds is 9. The number of benzene rings is 3. The van der Waals surface area contributed by atoms with Gasteiger partial charge in [0.25, 0.3) is 5.91 Å². The van der Waals surface area contributed by atoms with Crippen LogP contribution in [0.5, 0.6) is 11.5 Å². The number of ether oxygens (including phenoxy) is 2. The van der Waals surface area contributed by atoms with Crippen molar-refractivity contribution in [2.24, 2.45) is 0 Å². The molecule has 0 unspecified atom stereocenters. The first kappa shape index (κ1) is 22.3. The Labute approximate surface area is 197 Å². The number of hydrogen-bond donors (Lipinski definition) is 1. The molecule has 1 aromatic heterocycles. The lowest BCUT2D eigenvalue weighted by Crippen LogP contribution is -2.20. The maximum Gasteiger partial charge on any atom is 0.262 e. The van der Waals surface area contributed by atoms with Crippen LogP contribution in [0.1, 0.15) is 5.56 Å². The Morgan fingerprint density at radius 3 is 2.42 bits per heavy atom. The average molecular weight is 457 g/mol. The second-order valence-electron chi connectivity index (χ2n) is 7.31. The van der Waals surface area contributed by atoms with Crippen LogP contribution in [0, 0.1) is 6.92 Å². The van der Waals surface area contributed by atoms with Crippen LogP contribution in [0.15, 0.2) is 90.8 Å². The highest BCUT2D eigenvalue weighted by Gasteiger charge is 2.10. The van der Waals surface area contributed by atoms with Crippen molar-refractivity contribution in [3.8, 4) is 33.3 Å². The molecule has 0 spiro atoms. The number of thiazole rings is 1. The molecule has 0 atom stereocenters. The summed E-state index contributed by atoms with van der Waals surface area (Å²) in [6.07, 6.45) is 1.66. The van der Waals surface area contributed by atoms with E-state index in [1.54, 1.807) is 29.5 Å². The third-order valence-electron chi connectivity index (χ3n) is 4.91. The number of carbonyl (C=O) groups is 1. The molecule has 0 saturated heterocycles. The van der Waals surface area contributed by atoms with Crippen LogP contribution < -0.4 is 14.8 Å². The Bertz CT molecular complexity index is 1250. The van der Waals surface area contributed by atoms with Crippen molar-refractivity contribution in [3.63, 3.8) is 0 Å². The van der Waals surface area contributed by atoms with E-state index in [1.807, 2.05) is 48.5 Å². The van der Waals surface area contributed by atoms with E-state index in [0.29, 0.717) is 23.8 Å². The van der Waals surface area contributed by atoms with Gasteiger partial charge in [0, 0.05) is 22.2 Å². The zero-order valence-electron chi connectivity index (χ0n) is 18.3. The fourth-order valence-electron chi connectivity index (χ4n) is 3.24. The van der Waals surface area contributed by atoms with Gasteiger partial charge in [0.1, 0.15) is 11.6 Å². The quantitative estimate of drug-likeness (QED) is 0.297. The van der Waals surface area contributed by atoms with E-state index in [-0.39, 0.29) is 12.5 Å². The van der Waals surface area contributed by atoms with Crippen LogP contribution in [0.2, 0.25) is 0 Å². The second kappa shape index (κ2) is 10.6. The predicted octanol–water partition coefficient (Wildman–Crippen LogP) is 6.37. The number of carbonyl (C=O) groups excluding carboxylic acids is 1. The molecule has 6 heteroatoms. The summed E-state index contributed by atoms with van der Waals surface area (Å²) in [6.45, 7) is 5.97. The average Bonchev–Trinajstić information content (AvgIpc) is 3.33. The summed E-state index contributed by atoms with van der Waals surface area (Å²) in [5, 5.41) is 5.90. The summed E-state index contributed by atoms with van der Waals surface area (Å²) in [5.74, 6) is 0.831. The predicted molar refractivity (Wildman–Crippen MR) is 134 cm³/mol. The van der Waals surface area contributed by atoms with Crippen LogP contribution >= 0.6 is 11.3 Å². The van der Waals surface area contributed by atoms with Crippen LogP contribution in [0.3, 0.4) is 0 Å². The zero-order chi connectivity index (χ0) is 23.0. The van der Waals surface area contributed by atoms with Gasteiger partial charge in [0.15, 0.2) is 18.1 Å². The normalized spacial score (nSPS) is 10.5. The molecule has 4 rings (SSSR count). The monoisotopic (exact) mass is 456 g/mol. The number of nitrogens with zero attached hydrogens (tertiary/aromatic N) is 1. The summed E-state index contributed by atoms with van der Waals surface area (Å²) < 4.78 is 11.2. The number of nitrogens with one attached hydrogen (secondary N) is 1. The summed E-state index contributed by atoms with van der Waals surface area (Å²) >= 11 is 1.62. The van der Waals surface area contributed by atoms with Gasteiger partial charge in [-0.3, -0.25) is 4.79 Å². The number of hydrogen-bond acceptors (Lipinski definition) is 5. The van der Waals surface area contributed by atoms with Crippen LogP contribution in [-0.4, -0.2) is 24.1 Å². The lowest BCUT2D eigenvalue weighted by molar-refractivity contribution is -0.118. The molecule has 1 N–H and O–H groups in total. The third-order valence-corrected chi connectivity index (χ3v) is 5.78. The second-order valence-corrected chi connectivity index (χ2v) is 8.17. The van der Waals surface area contributed by atoms with E-state index >= 15 is 0 Å². The summed E-state index contributed by atoms with van der Waals surface area (Å²) in [7, 11) is 0. The minimum absolute atomic E-state index is 0.123. The molecule has 33 heavy (non-hydrogen) atoms. The van der Waals surface area contributed by atoms with Crippen molar-refractivity contribution in [1.29, 1.82) is 0 Å². The van der Waals surface area contributed by atoms with Crippen molar-refractivity contribution < 1.29 is 14.3 Å². The van der Waals surface area contributed by atoms with Crippen molar-refractivity contribution >= 4 is 22.9 Å². The third kappa shape index (κ3) is 5.67. The number of aryl methyl sites for hydroxylation is 1. The molecule has 0 bridgehead atoms. The molecular formula is C27H24N2O3S. The van der Waals surface area contributed by atoms with E-state index in [0.717, 1.165) is 21.8 Å². The van der Waals surface area contributed by atoms with Crippen molar-refractivity contribution in [3.05, 3.63) is 96.4 Å². The zero-order valence-corrected chi connectivity index (χ0v) is 19.1. The summed E-state index contributed by atoms with van der Waals surface area (Å²) in [5.41, 5.74) is 4.95. The molecule has 1 heterocycles. The first-order valence-electron chi connectivity index (χ1n) is 10.5. The van der Waals surface area contributed by atoms with Crippen LogP contribution in [0.4, 0.5) is 5.69 Å². The fourth-order valence-corrected chi connectivity index (χ4v) is 4.16. The Morgan fingerprint density at radius 1 is 1.00 bits per heavy atom. The van der Waals surface area contributed by atoms with Gasteiger partial charge in [-0.05, 0) is 36.8 Å². The number of aromatic nitrogens is 1. The molecule has 0 aliphatic carbocycles. The molecule has 1 amide bonds. The Balaban J connectivity index is 1.36. The SMILES string of the molecule is C=CCOc1ccccc1OCC(=O)Nc1ccc(-c2csc(-c3ccccc3C)n2)cc1. The molecule has 4 aromatic rings. The number of amides is 1. The highest BCUT2D eigenvalue weighted by atomic mass is 32.1. The van der Waals surface area contributed by atoms with E-state index in [9.17, 15) is 4.79 Å². The maximum absolute atomic E-state index is 12.4. The molecule has 0 saturated carbocycles. The fraction of sp³-hybridized carbons (Fsp3) is 0.111. The summed E-state index contributed by atoms with van der Waals surface area (Å²) in [6, 6.07) is 23.1. The van der Waals surface area contributed by atoms with Gasteiger partial charge in [-0.2, -0.15) is 0 Å². The van der Waals surface area contributed by atoms with Gasteiger partial charge in [-0.25, -0.2) is 4.98 Å². The highest BCUT2D eigenvalue weighted by Crippen LogP contribution is 2.31. The first-order valence-corrected chi connectivity index (χ1v) is 11.4.